The van der Waals surface area contributed by atoms with Crippen LogP contribution < -0.4 is 0 Å². The normalized spacial score (nSPS) is 27.2. The van der Waals surface area contributed by atoms with Gasteiger partial charge in [-0.1, -0.05) is 24.3 Å². The number of nitro benzene ring substituents is 2. The molecule has 2 fully saturated rings. The third kappa shape index (κ3) is 5.94. The van der Waals surface area contributed by atoms with E-state index in [0.29, 0.717) is 0 Å². The van der Waals surface area contributed by atoms with Gasteiger partial charge in [-0.3, -0.25) is 29.8 Å². The third-order valence-corrected chi connectivity index (χ3v) is 5.85. The van der Waals surface area contributed by atoms with E-state index < -0.39 is 58.8 Å². The monoisotopic (exact) mass is 532 g/mol. The summed E-state index contributed by atoms with van der Waals surface area (Å²) in [6, 6.07) is 11.6. The highest BCUT2D eigenvalue weighted by molar-refractivity contribution is 5.66. The molecule has 2 aromatic carbocycles. The quantitative estimate of drug-likeness (QED) is 0.290. The molecular weight excluding hydrogens is 508 g/mol. The zero-order valence-corrected chi connectivity index (χ0v) is 20.3. The lowest BCUT2D eigenvalue weighted by Gasteiger charge is -2.44. The van der Waals surface area contributed by atoms with Gasteiger partial charge in [0.15, 0.2) is 24.8 Å². The first-order valence-electron chi connectivity index (χ1n) is 11.5. The van der Waals surface area contributed by atoms with Crippen LogP contribution in [0.15, 0.2) is 48.5 Å². The molecule has 0 spiro atoms. The van der Waals surface area contributed by atoms with E-state index in [1.165, 1.54) is 50.2 Å². The number of para-hydroxylation sites is 2. The predicted molar refractivity (Wildman–Crippen MR) is 124 cm³/mol. The maximum absolute atomic E-state index is 11.9. The Morgan fingerprint density at radius 1 is 0.737 bits per heavy atom. The van der Waals surface area contributed by atoms with E-state index in [2.05, 4.69) is 0 Å². The first kappa shape index (κ1) is 27.1. The van der Waals surface area contributed by atoms with Gasteiger partial charge in [0, 0.05) is 26.0 Å². The second kappa shape index (κ2) is 11.6. The van der Waals surface area contributed by atoms with Crippen LogP contribution in [-0.4, -0.2) is 59.4 Å². The van der Waals surface area contributed by atoms with E-state index in [1.54, 1.807) is 12.1 Å². The fraction of sp³-hybridized carbons (Fsp3) is 0.417. The molecule has 2 aliphatic rings. The second-order valence-electron chi connectivity index (χ2n) is 8.46. The van der Waals surface area contributed by atoms with E-state index in [1.807, 2.05) is 0 Å². The molecule has 14 heteroatoms. The van der Waals surface area contributed by atoms with Crippen LogP contribution in [-0.2, 0) is 38.0 Å². The van der Waals surface area contributed by atoms with Gasteiger partial charge < -0.3 is 28.4 Å². The molecule has 0 aromatic heterocycles. The van der Waals surface area contributed by atoms with Gasteiger partial charge in [0.25, 0.3) is 11.4 Å². The Morgan fingerprint density at radius 2 is 1.11 bits per heavy atom. The summed E-state index contributed by atoms with van der Waals surface area (Å²) < 4.78 is 34.3. The molecule has 0 saturated carbocycles. The highest BCUT2D eigenvalue weighted by atomic mass is 16.8. The number of nitro groups is 2. The van der Waals surface area contributed by atoms with E-state index in [4.69, 9.17) is 28.4 Å². The Kier molecular flexibility index (Phi) is 8.26. The number of carbonyl (C=O) groups excluding carboxylic acids is 2. The Morgan fingerprint density at radius 3 is 1.45 bits per heavy atom. The van der Waals surface area contributed by atoms with Crippen molar-refractivity contribution in [3.63, 3.8) is 0 Å². The van der Waals surface area contributed by atoms with Crippen molar-refractivity contribution >= 4 is 23.3 Å². The number of carbonyl (C=O) groups is 2. The molecule has 2 aliphatic heterocycles. The van der Waals surface area contributed by atoms with Crippen molar-refractivity contribution in [2.45, 2.75) is 50.8 Å². The maximum atomic E-state index is 11.9. The van der Waals surface area contributed by atoms with Crippen LogP contribution in [0.3, 0.4) is 0 Å². The van der Waals surface area contributed by atoms with Crippen LogP contribution in [0.5, 0.6) is 0 Å². The molecule has 38 heavy (non-hydrogen) atoms. The summed E-state index contributed by atoms with van der Waals surface area (Å²) in [5.41, 5.74) is -0.306. The SMILES string of the molecule is CC(=O)O[C@H]1CO[C@H](c2ccccc2[N+](=O)[O-])O[C@@H]1[C@H]1O[C@@H](c2ccccc2[N+](=O)[O-])OC[C@H]1OC(C)=O. The van der Waals surface area contributed by atoms with Crippen molar-refractivity contribution < 1.29 is 47.9 Å². The lowest BCUT2D eigenvalue weighted by atomic mass is 9.99. The number of hydrogen-bond donors (Lipinski definition) is 0. The van der Waals surface area contributed by atoms with Crippen molar-refractivity contribution in [1.82, 2.24) is 0 Å². The van der Waals surface area contributed by atoms with E-state index in [9.17, 15) is 29.8 Å². The summed E-state index contributed by atoms with van der Waals surface area (Å²) in [4.78, 5) is 45.7. The molecule has 6 atom stereocenters. The van der Waals surface area contributed by atoms with Gasteiger partial charge in [0.2, 0.25) is 0 Å². The lowest BCUT2D eigenvalue weighted by molar-refractivity contribution is -0.391. The summed E-state index contributed by atoms with van der Waals surface area (Å²) in [6.45, 7) is 1.89. The van der Waals surface area contributed by atoms with Gasteiger partial charge in [-0.05, 0) is 12.1 Å². The van der Waals surface area contributed by atoms with Gasteiger partial charge in [0.05, 0.1) is 34.2 Å². The standard InChI is InChI=1S/C24H24N2O12/c1-13(27)35-19-11-33-23(15-7-3-5-9-17(15)25(29)30)37-21(19)22-20(36-14(2)28)12-34-24(38-22)16-8-4-6-10-18(16)26(31)32/h3-10,19-24H,11-12H2,1-2H3/t19-,20+,21-,22-,23-,24-/m0/s1. The van der Waals surface area contributed by atoms with Gasteiger partial charge in [0.1, 0.15) is 12.2 Å². The van der Waals surface area contributed by atoms with Crippen LogP contribution >= 0.6 is 0 Å². The van der Waals surface area contributed by atoms with Crippen LogP contribution in [0.1, 0.15) is 37.6 Å². The van der Waals surface area contributed by atoms with Gasteiger partial charge in [-0.2, -0.15) is 0 Å². The van der Waals surface area contributed by atoms with Crippen molar-refractivity contribution in [3.8, 4) is 0 Å². The Balaban J connectivity index is 1.71. The first-order valence-corrected chi connectivity index (χ1v) is 11.5. The van der Waals surface area contributed by atoms with E-state index >= 15 is 0 Å². The summed E-state index contributed by atoms with van der Waals surface area (Å²) in [5.74, 6) is -1.33. The number of nitrogens with zero attached hydrogens (tertiary/aromatic N) is 2. The lowest BCUT2D eigenvalue weighted by Crippen LogP contribution is -2.57. The average molecular weight is 532 g/mol. The number of ether oxygens (including phenoxy) is 6. The van der Waals surface area contributed by atoms with Gasteiger partial charge in [-0.25, -0.2) is 0 Å². The predicted octanol–water partition coefficient (Wildman–Crippen LogP) is 2.89. The van der Waals surface area contributed by atoms with E-state index in [-0.39, 0.29) is 35.7 Å². The molecule has 0 amide bonds. The topological polar surface area (TPSA) is 176 Å². The van der Waals surface area contributed by atoms with Crippen LogP contribution in [0.25, 0.3) is 0 Å². The minimum absolute atomic E-state index is 0.107. The minimum atomic E-state index is -1.26. The Labute approximate surface area is 215 Å². The molecule has 2 aromatic rings. The Hall–Kier alpha value is -3.98. The number of rotatable bonds is 7. The third-order valence-electron chi connectivity index (χ3n) is 5.85. The van der Waals surface area contributed by atoms with Crippen molar-refractivity contribution in [3.05, 3.63) is 79.9 Å². The second-order valence-corrected chi connectivity index (χ2v) is 8.46. The summed E-state index contributed by atoms with van der Waals surface area (Å²) in [7, 11) is 0. The zero-order valence-electron chi connectivity index (χ0n) is 20.3. The van der Waals surface area contributed by atoms with Crippen molar-refractivity contribution in [2.75, 3.05) is 13.2 Å². The summed E-state index contributed by atoms with van der Waals surface area (Å²) in [5, 5.41) is 23.2. The first-order chi connectivity index (χ1) is 18.2. The fourth-order valence-electron chi connectivity index (χ4n) is 4.33. The van der Waals surface area contributed by atoms with Gasteiger partial charge in [-0.15, -0.1) is 0 Å². The molecule has 0 aliphatic carbocycles. The fourth-order valence-corrected chi connectivity index (χ4v) is 4.33. The van der Waals surface area contributed by atoms with Crippen molar-refractivity contribution in [2.24, 2.45) is 0 Å². The van der Waals surface area contributed by atoms with Gasteiger partial charge >= 0.3 is 11.9 Å². The van der Waals surface area contributed by atoms with Crippen LogP contribution in [0.4, 0.5) is 11.4 Å². The molecule has 2 saturated heterocycles. The Bertz CT molecular complexity index is 1130. The summed E-state index contributed by atoms with van der Waals surface area (Å²) >= 11 is 0. The molecule has 0 N–H and O–H groups in total. The molecule has 14 nitrogen and oxygen atoms in total. The van der Waals surface area contributed by atoms with Crippen molar-refractivity contribution in [1.29, 1.82) is 0 Å². The van der Waals surface area contributed by atoms with Crippen LogP contribution in [0.2, 0.25) is 0 Å². The molecule has 0 bridgehead atoms. The average Bonchev–Trinajstić information content (AvgIpc) is 2.88. The molecule has 0 radical (unpaired) electrons. The molecule has 0 unspecified atom stereocenters. The molecular formula is C24H24N2O12. The van der Waals surface area contributed by atoms with E-state index in [0.717, 1.165) is 0 Å². The smallest absolute Gasteiger partial charge is 0.303 e. The molecule has 2 heterocycles. The molecule has 4 rings (SSSR count). The highest BCUT2D eigenvalue weighted by Crippen LogP contribution is 2.40. The zero-order chi connectivity index (χ0) is 27.4. The highest BCUT2D eigenvalue weighted by Gasteiger charge is 2.49. The van der Waals surface area contributed by atoms with Crippen LogP contribution in [0, 0.1) is 20.2 Å². The number of benzene rings is 2. The maximum Gasteiger partial charge on any atom is 0.303 e. The summed E-state index contributed by atoms with van der Waals surface area (Å²) in [6.07, 6.45) is -7.00. The molecule has 202 valence electrons. The number of esters is 2. The largest absolute Gasteiger partial charge is 0.457 e. The number of hydrogen-bond acceptors (Lipinski definition) is 12. The minimum Gasteiger partial charge on any atom is -0.457 e.